The van der Waals surface area contributed by atoms with Crippen LogP contribution in [-0.4, -0.2) is 28.0 Å². The van der Waals surface area contributed by atoms with Crippen LogP contribution in [0.15, 0.2) is 0 Å². The van der Waals surface area contributed by atoms with Crippen molar-refractivity contribution in [2.75, 3.05) is 17.5 Å². The Hall–Kier alpha value is 0.690. The molecule has 0 aromatic heterocycles. The van der Waals surface area contributed by atoms with Crippen LogP contribution in [0, 0.1) is 0 Å². The molecule has 2 fully saturated rings. The summed E-state index contributed by atoms with van der Waals surface area (Å²) in [5.74, 6) is 0. The lowest BCUT2D eigenvalue weighted by Crippen LogP contribution is -2.53. The number of hydrogen-bond donors (Lipinski definition) is 0. The molecule has 0 bridgehead atoms. The van der Waals surface area contributed by atoms with Gasteiger partial charge in [-0.2, -0.15) is 0 Å². The summed E-state index contributed by atoms with van der Waals surface area (Å²) in [5, 5.41) is 0. The molecule has 11 heavy (non-hydrogen) atoms. The lowest BCUT2D eigenvalue weighted by Gasteiger charge is -2.48. The molecule has 0 radical (unpaired) electrons. The zero-order valence-electron chi connectivity index (χ0n) is 6.98. The summed E-state index contributed by atoms with van der Waals surface area (Å²) in [6.45, 7) is 2.76. The van der Waals surface area contributed by atoms with Crippen LogP contribution in [0.4, 0.5) is 0 Å². The van der Waals surface area contributed by atoms with E-state index in [1.807, 2.05) is 0 Å². The van der Waals surface area contributed by atoms with Crippen molar-refractivity contribution in [2.45, 2.75) is 37.6 Å². The van der Waals surface area contributed by atoms with E-state index in [9.17, 15) is 0 Å². The van der Waals surface area contributed by atoms with Crippen LogP contribution >= 0.6 is 22.6 Å². The molecule has 0 N–H and O–H groups in total. The summed E-state index contributed by atoms with van der Waals surface area (Å²) in [5.41, 5.74) is 0.664. The molecule has 2 heteroatoms. The highest BCUT2D eigenvalue weighted by molar-refractivity contribution is 14.1. The lowest BCUT2D eigenvalue weighted by molar-refractivity contribution is 0.0619. The van der Waals surface area contributed by atoms with Gasteiger partial charge in [0.2, 0.25) is 0 Å². The fraction of sp³-hybridized carbons (Fsp3) is 1.00. The SMILES string of the molecule is ICC1(N2CCCC2)CCC1. The first-order valence-electron chi connectivity index (χ1n) is 4.68. The summed E-state index contributed by atoms with van der Waals surface area (Å²) in [4.78, 5) is 2.74. The van der Waals surface area contributed by atoms with Crippen LogP contribution in [0.5, 0.6) is 0 Å². The molecule has 0 aromatic carbocycles. The minimum Gasteiger partial charge on any atom is -0.297 e. The molecule has 1 nitrogen and oxygen atoms in total. The molecule has 1 aliphatic carbocycles. The third-order valence-corrected chi connectivity index (χ3v) is 4.73. The van der Waals surface area contributed by atoms with E-state index in [1.165, 1.54) is 49.6 Å². The summed E-state index contributed by atoms with van der Waals surface area (Å²) in [6, 6.07) is 0. The number of rotatable bonds is 2. The van der Waals surface area contributed by atoms with Crippen molar-refractivity contribution in [3.05, 3.63) is 0 Å². The average molecular weight is 265 g/mol. The fourth-order valence-corrected chi connectivity index (χ4v) is 3.56. The number of alkyl halides is 1. The highest BCUT2D eigenvalue weighted by Gasteiger charge is 2.41. The Kier molecular flexibility index (Phi) is 2.42. The quantitative estimate of drug-likeness (QED) is 0.547. The van der Waals surface area contributed by atoms with Crippen molar-refractivity contribution in [2.24, 2.45) is 0 Å². The number of nitrogens with zero attached hydrogens (tertiary/aromatic N) is 1. The van der Waals surface area contributed by atoms with Crippen molar-refractivity contribution >= 4 is 22.6 Å². The van der Waals surface area contributed by atoms with Crippen molar-refractivity contribution in [3.8, 4) is 0 Å². The van der Waals surface area contributed by atoms with Gasteiger partial charge < -0.3 is 0 Å². The van der Waals surface area contributed by atoms with Crippen molar-refractivity contribution in [1.82, 2.24) is 4.90 Å². The molecule has 1 saturated heterocycles. The van der Waals surface area contributed by atoms with Gasteiger partial charge in [0.25, 0.3) is 0 Å². The largest absolute Gasteiger partial charge is 0.297 e. The molecule has 1 heterocycles. The van der Waals surface area contributed by atoms with E-state index < -0.39 is 0 Å². The molecule has 64 valence electrons. The minimum atomic E-state index is 0.664. The van der Waals surface area contributed by atoms with Gasteiger partial charge in [-0.3, -0.25) is 4.90 Å². The minimum absolute atomic E-state index is 0.664. The average Bonchev–Trinajstić information content (AvgIpc) is 2.39. The number of hydrogen-bond acceptors (Lipinski definition) is 1. The topological polar surface area (TPSA) is 3.24 Å². The Balaban J connectivity index is 1.99. The van der Waals surface area contributed by atoms with Gasteiger partial charge in [0.1, 0.15) is 0 Å². The van der Waals surface area contributed by atoms with Crippen LogP contribution < -0.4 is 0 Å². The molecule has 0 amide bonds. The zero-order valence-corrected chi connectivity index (χ0v) is 9.14. The Bertz CT molecular complexity index is 131. The van der Waals surface area contributed by atoms with Crippen LogP contribution in [-0.2, 0) is 0 Å². The molecule has 1 saturated carbocycles. The Morgan fingerprint density at radius 3 is 2.09 bits per heavy atom. The van der Waals surface area contributed by atoms with E-state index in [4.69, 9.17) is 0 Å². The van der Waals surface area contributed by atoms with Gasteiger partial charge in [-0.15, -0.1) is 0 Å². The molecule has 0 aromatic rings. The maximum atomic E-state index is 2.74. The molecule has 0 spiro atoms. The van der Waals surface area contributed by atoms with Gasteiger partial charge in [0.15, 0.2) is 0 Å². The molecule has 0 atom stereocenters. The first kappa shape index (κ1) is 8.30. The van der Waals surface area contributed by atoms with E-state index in [1.54, 1.807) is 0 Å². The second kappa shape index (κ2) is 3.21. The maximum absolute atomic E-state index is 2.74. The lowest BCUT2D eigenvalue weighted by atomic mass is 9.77. The summed E-state index contributed by atoms with van der Waals surface area (Å²) in [6.07, 6.45) is 7.29. The van der Waals surface area contributed by atoms with E-state index in [0.29, 0.717) is 5.54 Å². The third kappa shape index (κ3) is 1.32. The number of likely N-dealkylation sites (tertiary alicyclic amines) is 1. The van der Waals surface area contributed by atoms with E-state index in [2.05, 4.69) is 27.5 Å². The first-order valence-corrected chi connectivity index (χ1v) is 6.21. The Labute approximate surface area is 82.7 Å². The van der Waals surface area contributed by atoms with Crippen molar-refractivity contribution in [3.63, 3.8) is 0 Å². The highest BCUT2D eigenvalue weighted by atomic mass is 127. The predicted octanol–water partition coefficient (Wildman–Crippen LogP) is 2.44. The predicted molar refractivity (Wildman–Crippen MR) is 56.3 cm³/mol. The first-order chi connectivity index (χ1) is 5.37. The van der Waals surface area contributed by atoms with Crippen LogP contribution in [0.2, 0.25) is 0 Å². The summed E-state index contributed by atoms with van der Waals surface area (Å²) in [7, 11) is 0. The summed E-state index contributed by atoms with van der Waals surface area (Å²) >= 11 is 2.57. The van der Waals surface area contributed by atoms with Gasteiger partial charge in [0, 0.05) is 9.97 Å². The van der Waals surface area contributed by atoms with E-state index >= 15 is 0 Å². The molecular formula is C9H16IN. The van der Waals surface area contributed by atoms with Gasteiger partial charge in [-0.25, -0.2) is 0 Å². The van der Waals surface area contributed by atoms with Crippen molar-refractivity contribution < 1.29 is 0 Å². The van der Waals surface area contributed by atoms with Gasteiger partial charge in [-0.05, 0) is 45.2 Å². The second-order valence-electron chi connectivity index (χ2n) is 3.91. The smallest absolute Gasteiger partial charge is 0.0298 e. The fourth-order valence-electron chi connectivity index (χ4n) is 2.31. The number of halogens is 1. The van der Waals surface area contributed by atoms with Gasteiger partial charge >= 0.3 is 0 Å². The summed E-state index contributed by atoms with van der Waals surface area (Å²) < 4.78 is 1.35. The normalized spacial score (nSPS) is 30.3. The Morgan fingerprint density at radius 1 is 1.09 bits per heavy atom. The molecular weight excluding hydrogens is 249 g/mol. The third-order valence-electron chi connectivity index (χ3n) is 3.31. The molecule has 1 aliphatic heterocycles. The van der Waals surface area contributed by atoms with Crippen LogP contribution in [0.25, 0.3) is 0 Å². The molecule has 0 unspecified atom stereocenters. The van der Waals surface area contributed by atoms with Crippen LogP contribution in [0.1, 0.15) is 32.1 Å². The van der Waals surface area contributed by atoms with Crippen LogP contribution in [0.3, 0.4) is 0 Å². The second-order valence-corrected chi connectivity index (χ2v) is 4.67. The zero-order chi connectivity index (χ0) is 7.73. The standard InChI is InChI=1S/C9H16IN/c10-8-9(4-3-5-9)11-6-1-2-7-11/h1-8H2. The maximum Gasteiger partial charge on any atom is 0.0298 e. The highest BCUT2D eigenvalue weighted by Crippen LogP contribution is 2.40. The van der Waals surface area contributed by atoms with E-state index in [-0.39, 0.29) is 0 Å². The van der Waals surface area contributed by atoms with Gasteiger partial charge in [0.05, 0.1) is 0 Å². The van der Waals surface area contributed by atoms with Crippen molar-refractivity contribution in [1.29, 1.82) is 0 Å². The van der Waals surface area contributed by atoms with Gasteiger partial charge in [-0.1, -0.05) is 22.6 Å². The monoisotopic (exact) mass is 265 g/mol. The Morgan fingerprint density at radius 2 is 1.73 bits per heavy atom. The molecule has 2 aliphatic rings. The molecule has 2 rings (SSSR count). The van der Waals surface area contributed by atoms with E-state index in [0.717, 1.165) is 0 Å².